The largest absolute Gasteiger partial charge is 0.375 e. The monoisotopic (exact) mass is 209 g/mol. The van der Waals surface area contributed by atoms with Gasteiger partial charge in [0.25, 0.3) is 0 Å². The van der Waals surface area contributed by atoms with Gasteiger partial charge in [-0.1, -0.05) is 0 Å². The highest BCUT2D eigenvalue weighted by atomic mass is 32.1. The van der Waals surface area contributed by atoms with Gasteiger partial charge in [0.15, 0.2) is 5.11 Å². The Morgan fingerprint density at radius 3 is 2.79 bits per heavy atom. The number of rotatable bonds is 2. The molecule has 0 saturated carbocycles. The van der Waals surface area contributed by atoms with E-state index in [0.717, 1.165) is 0 Å². The zero-order valence-electron chi connectivity index (χ0n) is 8.01. The molecule has 0 radical (unpaired) electrons. The van der Waals surface area contributed by atoms with Crippen molar-refractivity contribution in [1.82, 2.24) is 15.0 Å². The molecule has 0 amide bonds. The Hall–Kier alpha value is -1.56. The molecule has 0 spiro atoms. The number of hydrogen-bond donors (Lipinski definition) is 1. The summed E-state index contributed by atoms with van der Waals surface area (Å²) in [6.45, 7) is 1.82. The quantitative estimate of drug-likeness (QED) is 0.433. The molecule has 1 rings (SSSR count). The van der Waals surface area contributed by atoms with Gasteiger partial charge in [-0.3, -0.25) is 9.97 Å². The maximum atomic E-state index is 5.38. The van der Waals surface area contributed by atoms with E-state index < -0.39 is 0 Å². The van der Waals surface area contributed by atoms with Gasteiger partial charge in [0.05, 0.1) is 11.9 Å². The maximum Gasteiger partial charge on any atom is 0.186 e. The third-order valence-electron chi connectivity index (χ3n) is 1.55. The average Bonchev–Trinajstić information content (AvgIpc) is 2.19. The first-order valence-electron chi connectivity index (χ1n) is 3.96. The van der Waals surface area contributed by atoms with E-state index in [1.165, 1.54) is 5.01 Å². The highest BCUT2D eigenvalue weighted by Gasteiger charge is 2.01. The third-order valence-corrected chi connectivity index (χ3v) is 1.82. The molecule has 0 aliphatic carbocycles. The molecule has 0 aliphatic rings. The standard InChI is InChI=1S/C8H11N5S/c1-6(12-13(2)8(9)14)7-5-10-3-4-11-7/h3-5H,1-2H3,(H2,9,14)/b12-6+. The molecule has 0 aliphatic heterocycles. The van der Waals surface area contributed by atoms with Crippen LogP contribution in [0.1, 0.15) is 12.6 Å². The van der Waals surface area contributed by atoms with E-state index in [-0.39, 0.29) is 5.11 Å². The molecule has 6 heteroatoms. The van der Waals surface area contributed by atoms with Crippen LogP contribution in [-0.2, 0) is 0 Å². The van der Waals surface area contributed by atoms with Crippen molar-refractivity contribution < 1.29 is 0 Å². The van der Waals surface area contributed by atoms with Crippen LogP contribution >= 0.6 is 12.2 Å². The van der Waals surface area contributed by atoms with Crippen molar-refractivity contribution >= 4 is 23.0 Å². The average molecular weight is 209 g/mol. The summed E-state index contributed by atoms with van der Waals surface area (Å²) in [4.78, 5) is 8.02. The molecule has 74 valence electrons. The van der Waals surface area contributed by atoms with Crippen molar-refractivity contribution in [2.75, 3.05) is 7.05 Å². The van der Waals surface area contributed by atoms with Crippen LogP contribution in [0.2, 0.25) is 0 Å². The lowest BCUT2D eigenvalue weighted by Crippen LogP contribution is -2.28. The lowest BCUT2D eigenvalue weighted by Gasteiger charge is -2.10. The Balaban J connectivity index is 2.85. The highest BCUT2D eigenvalue weighted by Crippen LogP contribution is 1.95. The van der Waals surface area contributed by atoms with Crippen LogP contribution in [0.25, 0.3) is 0 Å². The van der Waals surface area contributed by atoms with Crippen LogP contribution in [0.4, 0.5) is 0 Å². The van der Waals surface area contributed by atoms with Gasteiger partial charge in [-0.05, 0) is 19.1 Å². The Bertz CT molecular complexity index is 348. The number of hydrazone groups is 1. The fourth-order valence-electron chi connectivity index (χ4n) is 0.811. The second kappa shape index (κ2) is 4.61. The van der Waals surface area contributed by atoms with E-state index in [1.807, 2.05) is 6.92 Å². The number of aromatic nitrogens is 2. The summed E-state index contributed by atoms with van der Waals surface area (Å²) in [5, 5.41) is 5.76. The Morgan fingerprint density at radius 2 is 2.29 bits per heavy atom. The van der Waals surface area contributed by atoms with E-state index in [9.17, 15) is 0 Å². The second-order valence-corrected chi connectivity index (χ2v) is 3.06. The van der Waals surface area contributed by atoms with Crippen LogP contribution in [0, 0.1) is 0 Å². The molecule has 1 aromatic rings. The Kier molecular flexibility index (Phi) is 3.47. The molecule has 14 heavy (non-hydrogen) atoms. The zero-order chi connectivity index (χ0) is 10.6. The molecular weight excluding hydrogens is 198 g/mol. The Labute approximate surface area is 87.7 Å². The van der Waals surface area contributed by atoms with Gasteiger partial charge in [0.1, 0.15) is 5.69 Å². The first kappa shape index (κ1) is 10.5. The maximum absolute atomic E-state index is 5.38. The number of thiocarbonyl (C=S) groups is 1. The summed E-state index contributed by atoms with van der Waals surface area (Å²) in [6.07, 6.45) is 4.84. The van der Waals surface area contributed by atoms with Gasteiger partial charge in [0.2, 0.25) is 0 Å². The minimum absolute atomic E-state index is 0.216. The van der Waals surface area contributed by atoms with E-state index >= 15 is 0 Å². The summed E-state index contributed by atoms with van der Waals surface area (Å²) in [5.41, 5.74) is 6.80. The summed E-state index contributed by atoms with van der Waals surface area (Å²) in [5.74, 6) is 0. The third kappa shape index (κ3) is 2.74. The van der Waals surface area contributed by atoms with Crippen molar-refractivity contribution in [3.8, 4) is 0 Å². The molecule has 0 aromatic carbocycles. The molecule has 5 nitrogen and oxygen atoms in total. The second-order valence-electron chi connectivity index (χ2n) is 2.64. The number of nitrogens with two attached hydrogens (primary N) is 1. The van der Waals surface area contributed by atoms with Crippen molar-refractivity contribution in [1.29, 1.82) is 0 Å². The van der Waals surface area contributed by atoms with E-state index in [4.69, 9.17) is 18.0 Å². The lowest BCUT2D eigenvalue weighted by atomic mass is 10.3. The molecule has 0 atom stereocenters. The van der Waals surface area contributed by atoms with Crippen LogP contribution in [0.5, 0.6) is 0 Å². The fourth-order valence-corrected chi connectivity index (χ4v) is 0.852. The van der Waals surface area contributed by atoms with Crippen molar-refractivity contribution in [2.24, 2.45) is 10.8 Å². The number of nitrogens with zero attached hydrogens (tertiary/aromatic N) is 4. The summed E-state index contributed by atoms with van der Waals surface area (Å²) < 4.78 is 0. The first-order chi connectivity index (χ1) is 6.61. The van der Waals surface area contributed by atoms with Gasteiger partial charge in [0, 0.05) is 19.4 Å². The van der Waals surface area contributed by atoms with E-state index in [2.05, 4.69) is 15.1 Å². The molecule has 2 N–H and O–H groups in total. The first-order valence-corrected chi connectivity index (χ1v) is 4.37. The van der Waals surface area contributed by atoms with Crippen molar-refractivity contribution in [3.63, 3.8) is 0 Å². The smallest absolute Gasteiger partial charge is 0.186 e. The molecule has 1 aromatic heterocycles. The number of hydrogen-bond acceptors (Lipinski definition) is 4. The molecular formula is C8H11N5S. The van der Waals surface area contributed by atoms with Gasteiger partial charge in [-0.25, -0.2) is 5.01 Å². The lowest BCUT2D eigenvalue weighted by molar-refractivity contribution is 0.548. The predicted octanol–water partition coefficient (Wildman–Crippen LogP) is 0.376. The summed E-state index contributed by atoms with van der Waals surface area (Å²) in [6, 6.07) is 0. The zero-order valence-corrected chi connectivity index (χ0v) is 8.82. The molecule has 0 fully saturated rings. The van der Waals surface area contributed by atoms with Crippen LogP contribution in [0.15, 0.2) is 23.7 Å². The normalized spacial score (nSPS) is 11.1. The minimum Gasteiger partial charge on any atom is -0.375 e. The van der Waals surface area contributed by atoms with Gasteiger partial charge in [-0.2, -0.15) is 5.10 Å². The summed E-state index contributed by atoms with van der Waals surface area (Å²) >= 11 is 4.75. The van der Waals surface area contributed by atoms with Crippen LogP contribution < -0.4 is 5.73 Å². The highest BCUT2D eigenvalue weighted by molar-refractivity contribution is 7.80. The van der Waals surface area contributed by atoms with Gasteiger partial charge < -0.3 is 5.73 Å². The van der Waals surface area contributed by atoms with Crippen molar-refractivity contribution in [3.05, 3.63) is 24.3 Å². The SMILES string of the molecule is C/C(=N\N(C)C(N)=S)c1cnccn1. The molecule has 0 unspecified atom stereocenters. The Morgan fingerprint density at radius 1 is 1.57 bits per heavy atom. The topological polar surface area (TPSA) is 67.4 Å². The molecule has 0 bridgehead atoms. The minimum atomic E-state index is 0.216. The fraction of sp³-hybridized carbons (Fsp3) is 0.250. The molecule has 1 heterocycles. The van der Waals surface area contributed by atoms with E-state index in [1.54, 1.807) is 25.6 Å². The van der Waals surface area contributed by atoms with Gasteiger partial charge >= 0.3 is 0 Å². The summed E-state index contributed by atoms with van der Waals surface area (Å²) in [7, 11) is 1.68. The molecule has 0 saturated heterocycles. The van der Waals surface area contributed by atoms with Crippen molar-refractivity contribution in [2.45, 2.75) is 6.92 Å². The predicted molar refractivity (Wildman–Crippen MR) is 58.8 cm³/mol. The van der Waals surface area contributed by atoms with Gasteiger partial charge in [-0.15, -0.1) is 0 Å². The van der Waals surface area contributed by atoms with E-state index in [0.29, 0.717) is 11.4 Å². The van der Waals surface area contributed by atoms with Crippen LogP contribution in [-0.4, -0.2) is 32.8 Å². The van der Waals surface area contributed by atoms with Crippen LogP contribution in [0.3, 0.4) is 0 Å².